The highest BCUT2D eigenvalue weighted by molar-refractivity contribution is 9.10. The Balaban J connectivity index is 1.89. The van der Waals surface area contributed by atoms with Crippen LogP contribution in [0.4, 0.5) is 0 Å². The van der Waals surface area contributed by atoms with Crippen LogP contribution in [0, 0.1) is 0 Å². The molecule has 0 bridgehead atoms. The molecule has 0 unspecified atom stereocenters. The molecule has 1 amide bonds. The summed E-state index contributed by atoms with van der Waals surface area (Å²) < 4.78 is 29.0. The van der Waals surface area contributed by atoms with E-state index >= 15 is 0 Å². The van der Waals surface area contributed by atoms with Crippen LogP contribution in [-0.4, -0.2) is 31.9 Å². The molecule has 2 aromatic rings. The van der Waals surface area contributed by atoms with Gasteiger partial charge in [-0.2, -0.15) is 0 Å². The maximum Gasteiger partial charge on any atom is 0.287 e. The second-order valence-corrected chi connectivity index (χ2v) is 8.33. The first kappa shape index (κ1) is 15.2. The van der Waals surface area contributed by atoms with Crippen molar-refractivity contribution in [1.82, 2.24) is 5.32 Å². The Morgan fingerprint density at radius 3 is 2.77 bits per heavy atom. The smallest absolute Gasteiger partial charge is 0.287 e. The predicted molar refractivity (Wildman–Crippen MR) is 84.7 cm³/mol. The first-order valence-electron chi connectivity index (χ1n) is 6.59. The van der Waals surface area contributed by atoms with Gasteiger partial charge in [0.1, 0.15) is 5.58 Å². The molecule has 0 spiro atoms. The van der Waals surface area contributed by atoms with Gasteiger partial charge < -0.3 is 9.73 Å². The molecule has 8 heteroatoms. The molecule has 1 aromatic carbocycles. The third kappa shape index (κ3) is 3.07. The Kier molecular flexibility index (Phi) is 3.82. The molecule has 22 heavy (non-hydrogen) atoms. The highest BCUT2D eigenvalue weighted by Crippen LogP contribution is 2.18. The van der Waals surface area contributed by atoms with E-state index in [2.05, 4.69) is 21.2 Å². The molecular formula is C14H12BrNO5S. The van der Waals surface area contributed by atoms with E-state index in [1.54, 1.807) is 18.2 Å². The summed E-state index contributed by atoms with van der Waals surface area (Å²) in [6, 6.07) is 5.59. The predicted octanol–water partition coefficient (Wildman–Crippen LogP) is 1.47. The van der Waals surface area contributed by atoms with Crippen molar-refractivity contribution in [3.63, 3.8) is 0 Å². The highest BCUT2D eigenvalue weighted by Gasteiger charge is 2.29. The normalized spacial score (nSPS) is 20.1. The lowest BCUT2D eigenvalue weighted by molar-refractivity contribution is 0.0913. The van der Waals surface area contributed by atoms with Gasteiger partial charge in [-0.15, -0.1) is 0 Å². The van der Waals surface area contributed by atoms with Crippen molar-refractivity contribution in [3.05, 3.63) is 44.7 Å². The lowest BCUT2D eigenvalue weighted by atomic mass is 10.2. The highest BCUT2D eigenvalue weighted by atomic mass is 79.9. The van der Waals surface area contributed by atoms with E-state index in [-0.39, 0.29) is 22.7 Å². The molecule has 0 radical (unpaired) electrons. The summed E-state index contributed by atoms with van der Waals surface area (Å²) in [6.07, 6.45) is 0.374. The van der Waals surface area contributed by atoms with Crippen molar-refractivity contribution in [2.24, 2.45) is 0 Å². The molecule has 1 saturated heterocycles. The minimum absolute atomic E-state index is 0.0631. The van der Waals surface area contributed by atoms with Gasteiger partial charge >= 0.3 is 0 Å². The van der Waals surface area contributed by atoms with E-state index in [9.17, 15) is 18.0 Å². The van der Waals surface area contributed by atoms with E-state index in [0.717, 1.165) is 10.5 Å². The van der Waals surface area contributed by atoms with Crippen molar-refractivity contribution >= 4 is 42.6 Å². The second-order valence-electron chi connectivity index (χ2n) is 5.19. The minimum atomic E-state index is -3.08. The number of amides is 1. The van der Waals surface area contributed by atoms with Gasteiger partial charge in [0, 0.05) is 16.6 Å². The largest absolute Gasteiger partial charge is 0.451 e. The number of halogens is 1. The van der Waals surface area contributed by atoms with Crippen LogP contribution in [0.5, 0.6) is 0 Å². The van der Waals surface area contributed by atoms with Crippen LogP contribution in [0.15, 0.2) is 37.9 Å². The first-order chi connectivity index (χ1) is 10.3. The summed E-state index contributed by atoms with van der Waals surface area (Å²) in [6.45, 7) is 0. The topological polar surface area (TPSA) is 93.5 Å². The summed E-state index contributed by atoms with van der Waals surface area (Å²) in [5.74, 6) is -0.718. The van der Waals surface area contributed by atoms with Crippen LogP contribution >= 0.6 is 15.9 Å². The molecule has 1 N–H and O–H groups in total. The second kappa shape index (κ2) is 5.51. The zero-order chi connectivity index (χ0) is 15.9. The Labute approximate surface area is 134 Å². The molecule has 1 aliphatic heterocycles. The van der Waals surface area contributed by atoms with Crippen LogP contribution in [0.3, 0.4) is 0 Å². The summed E-state index contributed by atoms with van der Waals surface area (Å²) in [7, 11) is -3.08. The third-order valence-electron chi connectivity index (χ3n) is 3.48. The maximum absolute atomic E-state index is 12.1. The van der Waals surface area contributed by atoms with Gasteiger partial charge in [-0.25, -0.2) is 8.42 Å². The Morgan fingerprint density at radius 1 is 1.32 bits per heavy atom. The number of carbonyl (C=O) groups is 1. The SMILES string of the molecule is O=C(N[C@@H]1CCS(=O)(=O)C1)c1cc(=O)c2cc(Br)ccc2o1. The lowest BCUT2D eigenvalue weighted by Crippen LogP contribution is -2.35. The Bertz CT molecular complexity index is 918. The van der Waals surface area contributed by atoms with Crippen LogP contribution in [0.1, 0.15) is 17.0 Å². The summed E-state index contributed by atoms with van der Waals surface area (Å²) in [4.78, 5) is 24.2. The summed E-state index contributed by atoms with van der Waals surface area (Å²) >= 11 is 3.27. The number of hydrogen-bond acceptors (Lipinski definition) is 5. The first-order valence-corrected chi connectivity index (χ1v) is 9.20. The Hall–Kier alpha value is -1.67. The van der Waals surface area contributed by atoms with Crippen LogP contribution < -0.4 is 10.7 Å². The minimum Gasteiger partial charge on any atom is -0.451 e. The molecule has 1 aliphatic rings. The molecule has 3 rings (SSSR count). The molecule has 116 valence electrons. The lowest BCUT2D eigenvalue weighted by Gasteiger charge is -2.10. The average Bonchev–Trinajstić information content (AvgIpc) is 2.78. The molecule has 6 nitrogen and oxygen atoms in total. The molecule has 1 aromatic heterocycles. The number of hydrogen-bond donors (Lipinski definition) is 1. The number of nitrogens with one attached hydrogen (secondary N) is 1. The molecule has 0 aliphatic carbocycles. The van der Waals surface area contributed by atoms with E-state index in [1.165, 1.54) is 0 Å². The fourth-order valence-corrected chi connectivity index (χ4v) is 4.44. The van der Waals surface area contributed by atoms with E-state index in [4.69, 9.17) is 4.42 Å². The number of carbonyl (C=O) groups excluding carboxylic acids is 1. The van der Waals surface area contributed by atoms with Crippen LogP contribution in [0.2, 0.25) is 0 Å². The van der Waals surface area contributed by atoms with Gasteiger partial charge in [-0.05, 0) is 24.6 Å². The van der Waals surface area contributed by atoms with Gasteiger partial charge in [-0.1, -0.05) is 15.9 Å². The molecule has 1 atom stereocenters. The van der Waals surface area contributed by atoms with Gasteiger partial charge in [0.25, 0.3) is 5.91 Å². The number of fused-ring (bicyclic) bond motifs is 1. The van der Waals surface area contributed by atoms with Crippen molar-refractivity contribution in [2.45, 2.75) is 12.5 Å². The van der Waals surface area contributed by atoms with Gasteiger partial charge in [0.2, 0.25) is 0 Å². The monoisotopic (exact) mass is 385 g/mol. The standard InChI is InChI=1S/C14H12BrNO5S/c15-8-1-2-12-10(5-8)11(17)6-13(21-12)14(18)16-9-3-4-22(19,20)7-9/h1-2,5-6,9H,3-4,7H2,(H,16,18)/t9-/m1/s1. The number of benzene rings is 1. The zero-order valence-corrected chi connectivity index (χ0v) is 13.7. The third-order valence-corrected chi connectivity index (χ3v) is 5.74. The van der Waals surface area contributed by atoms with Gasteiger partial charge in [-0.3, -0.25) is 9.59 Å². The summed E-state index contributed by atoms with van der Waals surface area (Å²) in [5.41, 5.74) is -0.0216. The quantitative estimate of drug-likeness (QED) is 0.844. The number of sulfone groups is 1. The van der Waals surface area contributed by atoms with Crippen molar-refractivity contribution in [2.75, 3.05) is 11.5 Å². The molecule has 1 fully saturated rings. The fourth-order valence-electron chi connectivity index (χ4n) is 2.41. The average molecular weight is 386 g/mol. The fraction of sp³-hybridized carbons (Fsp3) is 0.286. The molecule has 2 heterocycles. The van der Waals surface area contributed by atoms with Crippen molar-refractivity contribution in [3.8, 4) is 0 Å². The van der Waals surface area contributed by atoms with Gasteiger partial charge in [0.15, 0.2) is 21.0 Å². The van der Waals surface area contributed by atoms with Crippen molar-refractivity contribution in [1.29, 1.82) is 0 Å². The van der Waals surface area contributed by atoms with E-state index in [0.29, 0.717) is 17.4 Å². The zero-order valence-electron chi connectivity index (χ0n) is 11.3. The molecule has 0 saturated carbocycles. The molecular weight excluding hydrogens is 374 g/mol. The van der Waals surface area contributed by atoms with Crippen molar-refractivity contribution < 1.29 is 17.6 Å². The number of rotatable bonds is 2. The summed E-state index contributed by atoms with van der Waals surface area (Å²) in [5, 5.41) is 2.96. The van der Waals surface area contributed by atoms with Gasteiger partial charge in [0.05, 0.1) is 16.9 Å². The maximum atomic E-state index is 12.1. The Morgan fingerprint density at radius 2 is 2.09 bits per heavy atom. The van der Waals surface area contributed by atoms with E-state index in [1.807, 2.05) is 0 Å². The van der Waals surface area contributed by atoms with Crippen LogP contribution in [0.25, 0.3) is 11.0 Å². The van der Waals surface area contributed by atoms with E-state index < -0.39 is 21.8 Å². The van der Waals surface area contributed by atoms with Crippen LogP contribution in [-0.2, 0) is 9.84 Å².